The highest BCUT2D eigenvalue weighted by atomic mass is 32.1. The molecule has 0 bridgehead atoms. The summed E-state index contributed by atoms with van der Waals surface area (Å²) in [5.41, 5.74) is 6.12. The number of nitrogens with two attached hydrogens (primary N) is 1. The van der Waals surface area contributed by atoms with Crippen LogP contribution in [0.1, 0.15) is 25.7 Å². The second-order valence-electron chi connectivity index (χ2n) is 5.68. The average molecular weight is 294 g/mol. The van der Waals surface area contributed by atoms with Gasteiger partial charge in [-0.15, -0.1) is 11.3 Å². The first-order valence-electron chi connectivity index (χ1n) is 7.44. The number of hydrogen-bond donors (Lipinski definition) is 1. The SMILES string of the molecule is NC1CCCCC1C(=O)N1CCN(c2nccs2)CC1. The van der Waals surface area contributed by atoms with Crippen LogP contribution < -0.4 is 10.6 Å². The van der Waals surface area contributed by atoms with E-state index in [-0.39, 0.29) is 17.9 Å². The van der Waals surface area contributed by atoms with Gasteiger partial charge in [0.2, 0.25) is 5.91 Å². The van der Waals surface area contributed by atoms with Crippen molar-refractivity contribution >= 4 is 22.4 Å². The van der Waals surface area contributed by atoms with E-state index in [0.717, 1.165) is 50.6 Å². The van der Waals surface area contributed by atoms with Crippen LogP contribution in [0.15, 0.2) is 11.6 Å². The lowest BCUT2D eigenvalue weighted by Gasteiger charge is -2.38. The second kappa shape index (κ2) is 6.10. The summed E-state index contributed by atoms with van der Waals surface area (Å²) in [5.74, 6) is 0.325. The fourth-order valence-corrected chi connectivity index (χ4v) is 3.89. The van der Waals surface area contributed by atoms with Gasteiger partial charge in [0.05, 0.1) is 5.92 Å². The van der Waals surface area contributed by atoms with Crippen molar-refractivity contribution < 1.29 is 4.79 Å². The number of nitrogens with zero attached hydrogens (tertiary/aromatic N) is 3. The number of piperazine rings is 1. The van der Waals surface area contributed by atoms with Gasteiger partial charge in [0.25, 0.3) is 0 Å². The van der Waals surface area contributed by atoms with Gasteiger partial charge in [-0.05, 0) is 12.8 Å². The molecule has 2 fully saturated rings. The lowest BCUT2D eigenvalue weighted by atomic mass is 9.84. The first kappa shape index (κ1) is 13.8. The normalized spacial score (nSPS) is 27.6. The largest absolute Gasteiger partial charge is 0.345 e. The lowest BCUT2D eigenvalue weighted by Crippen LogP contribution is -2.53. The second-order valence-corrected chi connectivity index (χ2v) is 6.55. The first-order valence-corrected chi connectivity index (χ1v) is 8.32. The molecule has 2 N–H and O–H groups in total. The monoisotopic (exact) mass is 294 g/mol. The van der Waals surface area contributed by atoms with Crippen LogP contribution in [0.25, 0.3) is 0 Å². The van der Waals surface area contributed by atoms with Crippen molar-refractivity contribution in [3.8, 4) is 0 Å². The number of carbonyl (C=O) groups is 1. The van der Waals surface area contributed by atoms with Crippen LogP contribution in [0.4, 0.5) is 5.13 Å². The maximum Gasteiger partial charge on any atom is 0.227 e. The summed E-state index contributed by atoms with van der Waals surface area (Å²) in [5, 5.41) is 3.06. The predicted molar refractivity (Wildman–Crippen MR) is 80.8 cm³/mol. The summed E-state index contributed by atoms with van der Waals surface area (Å²) in [4.78, 5) is 21.2. The summed E-state index contributed by atoms with van der Waals surface area (Å²) in [6.07, 6.45) is 6.10. The van der Waals surface area contributed by atoms with Gasteiger partial charge in [0.1, 0.15) is 0 Å². The number of hydrogen-bond acceptors (Lipinski definition) is 5. The Hall–Kier alpha value is -1.14. The highest BCUT2D eigenvalue weighted by Crippen LogP contribution is 2.26. The van der Waals surface area contributed by atoms with E-state index >= 15 is 0 Å². The molecule has 1 aromatic heterocycles. The van der Waals surface area contributed by atoms with Crippen LogP contribution in [0.2, 0.25) is 0 Å². The maximum atomic E-state index is 12.6. The van der Waals surface area contributed by atoms with Gasteiger partial charge in [0.15, 0.2) is 5.13 Å². The summed E-state index contributed by atoms with van der Waals surface area (Å²) in [6, 6.07) is 0.0632. The zero-order chi connectivity index (χ0) is 13.9. The third kappa shape index (κ3) is 2.81. The van der Waals surface area contributed by atoms with Crippen LogP contribution in [0.3, 0.4) is 0 Å². The molecule has 6 heteroatoms. The Labute approximate surface area is 123 Å². The molecular weight excluding hydrogens is 272 g/mol. The maximum absolute atomic E-state index is 12.6. The molecule has 2 aliphatic rings. The lowest BCUT2D eigenvalue weighted by molar-refractivity contribution is -0.137. The van der Waals surface area contributed by atoms with E-state index in [4.69, 9.17) is 5.73 Å². The molecule has 3 rings (SSSR count). The molecule has 1 amide bonds. The molecule has 1 saturated carbocycles. The number of rotatable bonds is 2. The standard InChI is InChI=1S/C14H22N4OS/c15-12-4-2-1-3-11(12)13(19)17-6-8-18(9-7-17)14-16-5-10-20-14/h5,10-12H,1-4,6-9,15H2. The molecule has 1 aliphatic heterocycles. The number of anilines is 1. The van der Waals surface area contributed by atoms with E-state index in [1.54, 1.807) is 11.3 Å². The highest BCUT2D eigenvalue weighted by molar-refractivity contribution is 7.13. The number of amides is 1. The van der Waals surface area contributed by atoms with Crippen molar-refractivity contribution in [2.45, 2.75) is 31.7 Å². The Morgan fingerprint density at radius 2 is 2.00 bits per heavy atom. The van der Waals surface area contributed by atoms with E-state index in [0.29, 0.717) is 0 Å². The molecule has 2 unspecified atom stereocenters. The van der Waals surface area contributed by atoms with Gasteiger partial charge in [-0.2, -0.15) is 0 Å². The fourth-order valence-electron chi connectivity index (χ4n) is 3.19. The Balaban J connectivity index is 1.56. The molecule has 0 aromatic carbocycles. The first-order chi connectivity index (χ1) is 9.75. The third-order valence-electron chi connectivity index (χ3n) is 4.42. The number of carbonyl (C=O) groups excluding carboxylic acids is 1. The van der Waals surface area contributed by atoms with Crippen LogP contribution in [-0.2, 0) is 4.79 Å². The van der Waals surface area contributed by atoms with Gasteiger partial charge >= 0.3 is 0 Å². The minimum absolute atomic E-state index is 0.0511. The van der Waals surface area contributed by atoms with Crippen molar-refractivity contribution in [3.63, 3.8) is 0 Å². The predicted octanol–water partition coefficient (Wildman–Crippen LogP) is 1.31. The zero-order valence-electron chi connectivity index (χ0n) is 11.7. The average Bonchev–Trinajstić information content (AvgIpc) is 3.01. The fraction of sp³-hybridized carbons (Fsp3) is 0.714. The van der Waals surface area contributed by atoms with Gasteiger partial charge in [0, 0.05) is 43.8 Å². The molecule has 20 heavy (non-hydrogen) atoms. The Morgan fingerprint density at radius 3 is 2.65 bits per heavy atom. The van der Waals surface area contributed by atoms with Crippen LogP contribution in [-0.4, -0.2) is 48.0 Å². The van der Waals surface area contributed by atoms with Crippen molar-refractivity contribution in [1.82, 2.24) is 9.88 Å². The molecular formula is C14H22N4OS. The van der Waals surface area contributed by atoms with Crippen molar-refractivity contribution in [2.75, 3.05) is 31.1 Å². The Morgan fingerprint density at radius 1 is 1.25 bits per heavy atom. The molecule has 2 heterocycles. The minimum Gasteiger partial charge on any atom is -0.345 e. The Kier molecular flexibility index (Phi) is 4.21. The molecule has 2 atom stereocenters. The highest BCUT2D eigenvalue weighted by Gasteiger charge is 2.33. The van der Waals surface area contributed by atoms with Gasteiger partial charge in [-0.25, -0.2) is 4.98 Å². The zero-order valence-corrected chi connectivity index (χ0v) is 12.5. The molecule has 1 aliphatic carbocycles. The number of aromatic nitrogens is 1. The Bertz CT molecular complexity index is 442. The molecule has 5 nitrogen and oxygen atoms in total. The summed E-state index contributed by atoms with van der Waals surface area (Å²) >= 11 is 1.66. The quantitative estimate of drug-likeness (QED) is 0.893. The molecule has 1 saturated heterocycles. The number of thiazole rings is 1. The molecule has 0 spiro atoms. The van der Waals surface area contributed by atoms with Crippen molar-refractivity contribution in [3.05, 3.63) is 11.6 Å². The van der Waals surface area contributed by atoms with Gasteiger partial charge in [-0.1, -0.05) is 12.8 Å². The third-order valence-corrected chi connectivity index (χ3v) is 5.25. The summed E-state index contributed by atoms with van der Waals surface area (Å²) in [6.45, 7) is 3.34. The molecule has 0 radical (unpaired) electrons. The topological polar surface area (TPSA) is 62.5 Å². The van der Waals surface area contributed by atoms with E-state index < -0.39 is 0 Å². The molecule has 1 aromatic rings. The van der Waals surface area contributed by atoms with Crippen LogP contribution in [0, 0.1) is 5.92 Å². The van der Waals surface area contributed by atoms with Crippen molar-refractivity contribution in [2.24, 2.45) is 11.7 Å². The smallest absolute Gasteiger partial charge is 0.227 e. The molecule has 110 valence electrons. The summed E-state index contributed by atoms with van der Waals surface area (Å²) < 4.78 is 0. The van der Waals surface area contributed by atoms with Crippen molar-refractivity contribution in [1.29, 1.82) is 0 Å². The van der Waals surface area contributed by atoms with Gasteiger partial charge < -0.3 is 15.5 Å². The van der Waals surface area contributed by atoms with E-state index in [9.17, 15) is 4.79 Å². The van der Waals surface area contributed by atoms with E-state index in [2.05, 4.69) is 9.88 Å². The van der Waals surface area contributed by atoms with E-state index in [1.165, 1.54) is 6.42 Å². The minimum atomic E-state index is 0.0511. The summed E-state index contributed by atoms with van der Waals surface area (Å²) in [7, 11) is 0. The van der Waals surface area contributed by atoms with Crippen LogP contribution in [0.5, 0.6) is 0 Å². The van der Waals surface area contributed by atoms with E-state index in [1.807, 2.05) is 16.5 Å². The van der Waals surface area contributed by atoms with Gasteiger partial charge in [-0.3, -0.25) is 4.79 Å². The van der Waals surface area contributed by atoms with Crippen LogP contribution >= 0.6 is 11.3 Å².